The summed E-state index contributed by atoms with van der Waals surface area (Å²) >= 11 is 3.45. The van der Waals surface area contributed by atoms with Crippen molar-refractivity contribution in [3.05, 3.63) is 52.5 Å². The molecule has 2 aromatic rings. The van der Waals surface area contributed by atoms with Crippen molar-refractivity contribution in [2.45, 2.75) is 25.9 Å². The molecule has 4 heteroatoms. The fraction of sp³-hybridized carbons (Fsp3) is 0.357. The van der Waals surface area contributed by atoms with Crippen LogP contribution in [0.25, 0.3) is 0 Å². The van der Waals surface area contributed by atoms with Crippen molar-refractivity contribution < 1.29 is 0 Å². The lowest BCUT2D eigenvalue weighted by atomic mass is 10.0. The Morgan fingerprint density at radius 3 is 2.56 bits per heavy atom. The molecule has 0 aliphatic carbocycles. The van der Waals surface area contributed by atoms with Gasteiger partial charge in [-0.15, -0.1) is 0 Å². The van der Waals surface area contributed by atoms with Crippen LogP contribution in [0.3, 0.4) is 0 Å². The number of nitrogens with zero attached hydrogens (tertiary/aromatic N) is 2. The molecular formula is C14H18BrN3. The molecule has 2 rings (SSSR count). The highest BCUT2D eigenvalue weighted by Crippen LogP contribution is 2.20. The standard InChI is InChI=1S/C14H18BrN3/c1-14(2,16-3)13-8-17-10-18(13)9-11-4-6-12(15)7-5-11/h4-8,10,16H,9H2,1-3H3. The van der Waals surface area contributed by atoms with Crippen molar-refractivity contribution in [1.82, 2.24) is 14.9 Å². The lowest BCUT2D eigenvalue weighted by Crippen LogP contribution is -2.35. The minimum absolute atomic E-state index is 0.0775. The van der Waals surface area contributed by atoms with E-state index < -0.39 is 0 Å². The van der Waals surface area contributed by atoms with Crippen LogP contribution in [0.4, 0.5) is 0 Å². The summed E-state index contributed by atoms with van der Waals surface area (Å²) in [5.74, 6) is 0. The molecule has 1 heterocycles. The first-order chi connectivity index (χ1) is 8.53. The molecule has 96 valence electrons. The molecule has 1 aromatic heterocycles. The number of hydrogen-bond donors (Lipinski definition) is 1. The number of imidazole rings is 1. The smallest absolute Gasteiger partial charge is 0.0951 e. The van der Waals surface area contributed by atoms with E-state index in [2.05, 4.69) is 68.9 Å². The molecule has 0 amide bonds. The minimum atomic E-state index is -0.0775. The Hall–Kier alpha value is -1.13. The van der Waals surface area contributed by atoms with Crippen LogP contribution in [-0.4, -0.2) is 16.6 Å². The Balaban J connectivity index is 2.25. The SMILES string of the molecule is CNC(C)(C)c1cncn1Cc1ccc(Br)cc1. The van der Waals surface area contributed by atoms with Crippen molar-refractivity contribution >= 4 is 15.9 Å². The minimum Gasteiger partial charge on any atom is -0.328 e. The summed E-state index contributed by atoms with van der Waals surface area (Å²) in [5.41, 5.74) is 2.38. The van der Waals surface area contributed by atoms with Gasteiger partial charge in [-0.2, -0.15) is 0 Å². The van der Waals surface area contributed by atoms with Gasteiger partial charge in [0.15, 0.2) is 0 Å². The molecule has 0 atom stereocenters. The van der Waals surface area contributed by atoms with Crippen molar-refractivity contribution in [1.29, 1.82) is 0 Å². The maximum atomic E-state index is 4.26. The molecule has 0 fully saturated rings. The second-order valence-electron chi connectivity index (χ2n) is 4.91. The fourth-order valence-electron chi connectivity index (χ4n) is 1.88. The maximum absolute atomic E-state index is 4.26. The van der Waals surface area contributed by atoms with Crippen LogP contribution in [0.1, 0.15) is 25.1 Å². The summed E-state index contributed by atoms with van der Waals surface area (Å²) in [6, 6.07) is 8.38. The first-order valence-corrected chi connectivity index (χ1v) is 6.76. The zero-order chi connectivity index (χ0) is 13.2. The van der Waals surface area contributed by atoms with Gasteiger partial charge in [-0.1, -0.05) is 28.1 Å². The molecule has 3 nitrogen and oxygen atoms in total. The molecule has 0 spiro atoms. The quantitative estimate of drug-likeness (QED) is 0.940. The molecule has 18 heavy (non-hydrogen) atoms. The van der Waals surface area contributed by atoms with Gasteiger partial charge in [0.05, 0.1) is 23.8 Å². The van der Waals surface area contributed by atoms with E-state index in [9.17, 15) is 0 Å². The van der Waals surface area contributed by atoms with E-state index in [1.54, 1.807) is 0 Å². The number of rotatable bonds is 4. The highest BCUT2D eigenvalue weighted by molar-refractivity contribution is 9.10. The lowest BCUT2D eigenvalue weighted by molar-refractivity contribution is 0.413. The molecular weight excluding hydrogens is 290 g/mol. The van der Waals surface area contributed by atoms with Crippen LogP contribution in [0, 0.1) is 0 Å². The van der Waals surface area contributed by atoms with Gasteiger partial charge >= 0.3 is 0 Å². The van der Waals surface area contributed by atoms with Gasteiger partial charge in [-0.25, -0.2) is 4.98 Å². The van der Waals surface area contributed by atoms with Gasteiger partial charge in [0, 0.05) is 11.0 Å². The summed E-state index contributed by atoms with van der Waals surface area (Å²) in [7, 11) is 1.97. The third-order valence-corrected chi connectivity index (χ3v) is 3.77. The third-order valence-electron chi connectivity index (χ3n) is 3.24. The largest absolute Gasteiger partial charge is 0.328 e. The lowest BCUT2D eigenvalue weighted by Gasteiger charge is -2.25. The van der Waals surface area contributed by atoms with Gasteiger partial charge in [0.2, 0.25) is 0 Å². The number of hydrogen-bond acceptors (Lipinski definition) is 2. The van der Waals surface area contributed by atoms with Crippen LogP contribution in [0.15, 0.2) is 41.3 Å². The Morgan fingerprint density at radius 1 is 1.28 bits per heavy atom. The highest BCUT2D eigenvalue weighted by Gasteiger charge is 2.21. The first-order valence-electron chi connectivity index (χ1n) is 5.97. The summed E-state index contributed by atoms with van der Waals surface area (Å²) in [5, 5.41) is 3.31. The maximum Gasteiger partial charge on any atom is 0.0951 e. The summed E-state index contributed by atoms with van der Waals surface area (Å²) in [4.78, 5) is 4.26. The number of nitrogens with one attached hydrogen (secondary N) is 1. The van der Waals surface area contributed by atoms with E-state index in [-0.39, 0.29) is 5.54 Å². The summed E-state index contributed by atoms with van der Waals surface area (Å²) in [6.07, 6.45) is 3.81. The van der Waals surface area contributed by atoms with Gasteiger partial charge in [-0.3, -0.25) is 0 Å². The first kappa shape index (κ1) is 13.3. The van der Waals surface area contributed by atoms with Crippen molar-refractivity contribution in [3.8, 4) is 0 Å². The third kappa shape index (κ3) is 2.82. The van der Waals surface area contributed by atoms with Crippen LogP contribution in [-0.2, 0) is 12.1 Å². The van der Waals surface area contributed by atoms with E-state index in [0.717, 1.165) is 11.0 Å². The van der Waals surface area contributed by atoms with Crippen molar-refractivity contribution in [2.24, 2.45) is 0 Å². The van der Waals surface area contributed by atoms with E-state index in [0.29, 0.717) is 0 Å². The fourth-order valence-corrected chi connectivity index (χ4v) is 2.15. The second kappa shape index (κ2) is 5.24. The van der Waals surface area contributed by atoms with E-state index in [1.165, 1.54) is 11.3 Å². The van der Waals surface area contributed by atoms with E-state index >= 15 is 0 Å². The molecule has 0 radical (unpaired) electrons. The molecule has 0 bridgehead atoms. The van der Waals surface area contributed by atoms with Gasteiger partial charge in [-0.05, 0) is 38.6 Å². The zero-order valence-electron chi connectivity index (χ0n) is 10.9. The second-order valence-corrected chi connectivity index (χ2v) is 5.82. The number of benzene rings is 1. The zero-order valence-corrected chi connectivity index (χ0v) is 12.5. The van der Waals surface area contributed by atoms with Crippen LogP contribution in [0.5, 0.6) is 0 Å². The van der Waals surface area contributed by atoms with Gasteiger partial charge < -0.3 is 9.88 Å². The van der Waals surface area contributed by atoms with Crippen molar-refractivity contribution in [2.75, 3.05) is 7.05 Å². The molecule has 1 N–H and O–H groups in total. The molecule has 0 unspecified atom stereocenters. The predicted molar refractivity (Wildman–Crippen MR) is 77.6 cm³/mol. The Kier molecular flexibility index (Phi) is 3.88. The monoisotopic (exact) mass is 307 g/mol. The topological polar surface area (TPSA) is 29.9 Å². The molecule has 1 aromatic carbocycles. The van der Waals surface area contributed by atoms with Crippen molar-refractivity contribution in [3.63, 3.8) is 0 Å². The van der Waals surface area contributed by atoms with E-state index in [1.807, 2.05) is 19.6 Å². The number of halogens is 1. The Morgan fingerprint density at radius 2 is 1.94 bits per heavy atom. The van der Waals surface area contributed by atoms with Gasteiger partial charge in [0.25, 0.3) is 0 Å². The summed E-state index contributed by atoms with van der Waals surface area (Å²) < 4.78 is 3.28. The predicted octanol–water partition coefficient (Wildman–Crippen LogP) is 3.15. The normalized spacial score (nSPS) is 11.8. The summed E-state index contributed by atoms with van der Waals surface area (Å²) in [6.45, 7) is 5.15. The molecule has 0 aliphatic heterocycles. The average molecular weight is 308 g/mol. The molecule has 0 saturated heterocycles. The Bertz CT molecular complexity index is 514. The van der Waals surface area contributed by atoms with Crippen LogP contribution >= 0.6 is 15.9 Å². The van der Waals surface area contributed by atoms with Crippen LogP contribution in [0.2, 0.25) is 0 Å². The average Bonchev–Trinajstić information content (AvgIpc) is 2.81. The van der Waals surface area contributed by atoms with Gasteiger partial charge in [0.1, 0.15) is 0 Å². The van der Waals surface area contributed by atoms with E-state index in [4.69, 9.17) is 0 Å². The van der Waals surface area contributed by atoms with Crippen LogP contribution < -0.4 is 5.32 Å². The Labute approximate surface area is 116 Å². The molecule has 0 saturated carbocycles. The highest BCUT2D eigenvalue weighted by atomic mass is 79.9. The molecule has 0 aliphatic rings. The number of aromatic nitrogens is 2.